The van der Waals surface area contributed by atoms with Crippen LogP contribution in [0.2, 0.25) is 5.02 Å². The molecule has 0 spiro atoms. The summed E-state index contributed by atoms with van der Waals surface area (Å²) >= 11 is 12.6. The number of alkyl halides is 3. The molecule has 1 nitrogen and oxygen atoms in total. The maximum Gasteiger partial charge on any atom is 0.417 e. The van der Waals surface area contributed by atoms with Gasteiger partial charge in [0.25, 0.3) is 0 Å². The molecule has 0 atom stereocenters. The van der Waals surface area contributed by atoms with E-state index in [0.717, 1.165) is 6.07 Å². The van der Waals surface area contributed by atoms with E-state index in [1.807, 2.05) is 0 Å². The lowest BCUT2D eigenvalue weighted by Crippen LogP contribution is -2.05. The van der Waals surface area contributed by atoms with Gasteiger partial charge in [-0.1, -0.05) is 11.6 Å². The summed E-state index contributed by atoms with van der Waals surface area (Å²) in [5, 5.41) is -0.0663. The monoisotopic (exact) mass is 303 g/mol. The Bertz CT molecular complexity index is 380. The van der Waals surface area contributed by atoms with Crippen LogP contribution >= 0.6 is 27.5 Å². The molecule has 14 heavy (non-hydrogen) atoms. The number of nitrogens with zero attached hydrogens (tertiary/aromatic N) is 1. The summed E-state index contributed by atoms with van der Waals surface area (Å²) in [5.41, 5.74) is -0.867. The van der Waals surface area contributed by atoms with Crippen molar-refractivity contribution in [3.05, 3.63) is 27.2 Å². The summed E-state index contributed by atoms with van der Waals surface area (Å²) in [5.74, 6) is 0. The summed E-state index contributed by atoms with van der Waals surface area (Å²) in [4.78, 5) is 0. The number of rotatable bonds is 1. The zero-order valence-electron chi connectivity index (χ0n) is 6.40. The first-order valence-electron chi connectivity index (χ1n) is 3.26. The van der Waals surface area contributed by atoms with Crippen LogP contribution in [0.5, 0.6) is 0 Å². The van der Waals surface area contributed by atoms with Crippen LogP contribution < -0.4 is 0 Å². The Morgan fingerprint density at radius 2 is 1.93 bits per heavy atom. The highest BCUT2D eigenvalue weighted by molar-refractivity contribution is 9.10. The average Bonchev–Trinajstić information content (AvgIpc) is 2.07. The van der Waals surface area contributed by atoms with Gasteiger partial charge >= 0.3 is 6.18 Å². The number of benzene rings is 1. The average molecular weight is 305 g/mol. The van der Waals surface area contributed by atoms with Gasteiger partial charge in [0.1, 0.15) is 0 Å². The smallest absolute Gasteiger partial charge is 0.182 e. The first-order chi connectivity index (χ1) is 6.36. The van der Waals surface area contributed by atoms with E-state index in [2.05, 4.69) is 32.7 Å². The van der Waals surface area contributed by atoms with Gasteiger partial charge in [0.2, 0.25) is 0 Å². The minimum Gasteiger partial charge on any atom is -0.182 e. The van der Waals surface area contributed by atoms with Crippen LogP contribution in [0.25, 0.3) is 0 Å². The topological polar surface area (TPSA) is 12.4 Å². The molecule has 1 rings (SSSR count). The van der Waals surface area contributed by atoms with Crippen LogP contribution in [-0.4, -0.2) is 0 Å². The van der Waals surface area contributed by atoms with Crippen LogP contribution in [0, 0.1) is 0 Å². The van der Waals surface area contributed by atoms with E-state index in [0.29, 0.717) is 0 Å². The Morgan fingerprint density at radius 1 is 1.36 bits per heavy atom. The number of hydrogen-bond donors (Lipinski definition) is 0. The molecular formula is C7H2BrClF3NS. The molecule has 1 aromatic rings. The first-order valence-corrected chi connectivity index (χ1v) is 4.79. The van der Waals surface area contributed by atoms with Gasteiger partial charge in [0.05, 0.1) is 16.3 Å². The lowest BCUT2D eigenvalue weighted by Gasteiger charge is -2.10. The third-order valence-corrected chi connectivity index (χ3v) is 3.02. The third-order valence-electron chi connectivity index (χ3n) is 1.42. The molecule has 1 aromatic carbocycles. The fourth-order valence-corrected chi connectivity index (χ4v) is 1.61. The molecule has 0 unspecified atom stereocenters. The maximum atomic E-state index is 12.4. The van der Waals surface area contributed by atoms with Crippen molar-refractivity contribution in [2.45, 2.75) is 6.18 Å². The number of hydrogen-bond acceptors (Lipinski definition) is 2. The summed E-state index contributed by atoms with van der Waals surface area (Å²) in [6.45, 7) is 0. The van der Waals surface area contributed by atoms with E-state index in [-0.39, 0.29) is 15.2 Å². The fraction of sp³-hybridized carbons (Fsp3) is 0.143. The molecule has 0 aliphatic rings. The van der Waals surface area contributed by atoms with E-state index in [1.54, 1.807) is 0 Å². The molecule has 76 valence electrons. The number of halogens is 5. The molecule has 0 saturated carbocycles. The van der Waals surface area contributed by atoms with Gasteiger partial charge in [0.15, 0.2) is 0 Å². The largest absolute Gasteiger partial charge is 0.417 e. The second kappa shape index (κ2) is 4.12. The minimum absolute atomic E-state index is 0.0144. The van der Waals surface area contributed by atoms with E-state index < -0.39 is 11.7 Å². The third kappa shape index (κ3) is 2.43. The second-order valence-electron chi connectivity index (χ2n) is 2.38. The predicted molar refractivity (Wildman–Crippen MR) is 53.6 cm³/mol. The summed E-state index contributed by atoms with van der Waals surface area (Å²) < 4.78 is 40.2. The molecule has 0 aliphatic carbocycles. The standard InChI is InChI=1S/C7H2BrClF3NS/c8-6-4(7(10,11)12)1-3(13-14)2-5(6)9/h1-2H. The lowest BCUT2D eigenvalue weighted by atomic mass is 10.2. The van der Waals surface area contributed by atoms with Gasteiger partial charge in [-0.15, -0.1) is 0 Å². The molecule has 0 amide bonds. The molecule has 0 aliphatic heterocycles. The van der Waals surface area contributed by atoms with Gasteiger partial charge in [-0.3, -0.25) is 0 Å². The van der Waals surface area contributed by atoms with E-state index in [9.17, 15) is 13.2 Å². The summed E-state index contributed by atoms with van der Waals surface area (Å²) in [6.07, 6.45) is -4.47. The van der Waals surface area contributed by atoms with Gasteiger partial charge < -0.3 is 0 Å². The van der Waals surface area contributed by atoms with Crippen molar-refractivity contribution < 1.29 is 13.2 Å². The Hall–Kier alpha value is -0.200. The minimum atomic E-state index is -4.47. The van der Waals surface area contributed by atoms with E-state index in [1.165, 1.54) is 6.07 Å². The van der Waals surface area contributed by atoms with Gasteiger partial charge in [-0.05, 0) is 28.1 Å². The fourth-order valence-electron chi connectivity index (χ4n) is 0.834. The van der Waals surface area contributed by atoms with Crippen molar-refractivity contribution >= 4 is 45.6 Å². The predicted octanol–water partition coefficient (Wildman–Crippen LogP) is 4.48. The van der Waals surface area contributed by atoms with Crippen molar-refractivity contribution in [2.75, 3.05) is 0 Å². The van der Waals surface area contributed by atoms with Gasteiger partial charge in [-0.2, -0.15) is 17.5 Å². The van der Waals surface area contributed by atoms with Gasteiger partial charge in [0, 0.05) is 16.9 Å². The summed E-state index contributed by atoms with van der Waals surface area (Å²) in [6, 6.07) is 2.09. The highest BCUT2D eigenvalue weighted by Gasteiger charge is 2.34. The Morgan fingerprint density at radius 3 is 2.36 bits per heavy atom. The van der Waals surface area contributed by atoms with Crippen LogP contribution in [0.4, 0.5) is 18.9 Å². The molecule has 0 fully saturated rings. The molecule has 0 radical (unpaired) electrons. The first kappa shape index (κ1) is 11.9. The van der Waals surface area contributed by atoms with Crippen molar-refractivity contribution in [1.82, 2.24) is 0 Å². The second-order valence-corrected chi connectivity index (χ2v) is 3.76. The quantitative estimate of drug-likeness (QED) is 0.745. The van der Waals surface area contributed by atoms with E-state index in [4.69, 9.17) is 11.6 Å². The molecule has 0 saturated heterocycles. The molecule has 7 heteroatoms. The Labute approximate surface area is 96.6 Å². The van der Waals surface area contributed by atoms with Crippen LogP contribution in [0.15, 0.2) is 21.0 Å². The maximum absolute atomic E-state index is 12.4. The molecule has 0 N–H and O–H groups in total. The van der Waals surface area contributed by atoms with Crippen LogP contribution in [0.1, 0.15) is 5.56 Å². The summed E-state index contributed by atoms with van der Waals surface area (Å²) in [7, 11) is 0. The highest BCUT2D eigenvalue weighted by Crippen LogP contribution is 2.40. The zero-order valence-corrected chi connectivity index (χ0v) is 9.56. The van der Waals surface area contributed by atoms with Crippen LogP contribution in [-0.2, 0) is 18.6 Å². The SMILES string of the molecule is FC(F)(F)c1cc(N=S)cc(Cl)c1Br. The molecule has 0 heterocycles. The Balaban J connectivity index is 3.42. The van der Waals surface area contributed by atoms with Gasteiger partial charge in [-0.25, -0.2) is 0 Å². The molecular weight excluding hydrogens is 303 g/mol. The van der Waals surface area contributed by atoms with Crippen molar-refractivity contribution in [2.24, 2.45) is 4.36 Å². The van der Waals surface area contributed by atoms with Crippen molar-refractivity contribution in [3.63, 3.8) is 0 Å². The van der Waals surface area contributed by atoms with Crippen molar-refractivity contribution in [3.8, 4) is 0 Å². The highest BCUT2D eigenvalue weighted by atomic mass is 79.9. The van der Waals surface area contributed by atoms with Crippen LogP contribution in [0.3, 0.4) is 0 Å². The normalized spacial score (nSPS) is 11.5. The van der Waals surface area contributed by atoms with E-state index >= 15 is 0 Å². The molecule has 0 bridgehead atoms. The van der Waals surface area contributed by atoms with Crippen molar-refractivity contribution in [1.29, 1.82) is 0 Å². The lowest BCUT2D eigenvalue weighted by molar-refractivity contribution is -0.138. The zero-order chi connectivity index (χ0) is 10.9. The Kier molecular flexibility index (Phi) is 3.49. The molecule has 0 aromatic heterocycles.